The van der Waals surface area contributed by atoms with Gasteiger partial charge in [0.2, 0.25) is 0 Å². The molecule has 0 bridgehead atoms. The average molecular weight is 277 g/mol. The van der Waals surface area contributed by atoms with E-state index < -0.39 is 0 Å². The van der Waals surface area contributed by atoms with Crippen molar-refractivity contribution in [2.24, 2.45) is 0 Å². The van der Waals surface area contributed by atoms with Gasteiger partial charge in [0, 0.05) is 31.6 Å². The van der Waals surface area contributed by atoms with Gasteiger partial charge in [-0.15, -0.1) is 0 Å². The number of morpholine rings is 1. The molecule has 4 nitrogen and oxygen atoms in total. The Kier molecular flexibility index (Phi) is 5.56. The maximum atomic E-state index is 12.3. The number of carbonyl (C=O) groups is 1. The number of nitrogens with zero attached hydrogens (tertiary/aromatic N) is 1. The van der Waals surface area contributed by atoms with E-state index in [4.69, 9.17) is 9.47 Å². The zero-order chi connectivity index (χ0) is 14.4. The number of hydrogen-bond acceptors (Lipinski definition) is 4. The van der Waals surface area contributed by atoms with Crippen LogP contribution in [0.15, 0.2) is 18.2 Å². The van der Waals surface area contributed by atoms with Gasteiger partial charge < -0.3 is 9.47 Å². The highest BCUT2D eigenvalue weighted by molar-refractivity contribution is 5.96. The number of hydrogen-bond donors (Lipinski definition) is 0. The molecule has 0 amide bonds. The fourth-order valence-corrected chi connectivity index (χ4v) is 2.46. The van der Waals surface area contributed by atoms with Crippen LogP contribution in [0.3, 0.4) is 0 Å². The number of ketones is 1. The van der Waals surface area contributed by atoms with Crippen LogP contribution in [0.4, 0.5) is 0 Å². The van der Waals surface area contributed by atoms with E-state index >= 15 is 0 Å². The molecule has 1 aliphatic heterocycles. The maximum Gasteiger partial charge on any atom is 0.164 e. The largest absolute Gasteiger partial charge is 0.496 e. The molecule has 0 aliphatic carbocycles. The first-order valence-corrected chi connectivity index (χ1v) is 7.24. The lowest BCUT2D eigenvalue weighted by Gasteiger charge is -2.26. The summed E-state index contributed by atoms with van der Waals surface area (Å²) in [5.74, 6) is 1.06. The van der Waals surface area contributed by atoms with E-state index in [-0.39, 0.29) is 5.78 Å². The number of Topliss-reactive ketones (excluding diaryl/α,β-unsaturated/α-hetero) is 1. The Morgan fingerprint density at radius 3 is 2.75 bits per heavy atom. The zero-order valence-corrected chi connectivity index (χ0v) is 12.4. The first kappa shape index (κ1) is 15.0. The number of rotatable bonds is 6. The van der Waals surface area contributed by atoms with Crippen molar-refractivity contribution in [3.63, 3.8) is 0 Å². The van der Waals surface area contributed by atoms with Crippen molar-refractivity contribution in [2.45, 2.75) is 19.8 Å². The Bertz CT molecular complexity index is 453. The van der Waals surface area contributed by atoms with E-state index in [0.29, 0.717) is 6.42 Å². The van der Waals surface area contributed by atoms with Gasteiger partial charge in [-0.3, -0.25) is 9.69 Å². The molecule has 1 heterocycles. The van der Waals surface area contributed by atoms with Crippen molar-refractivity contribution in [2.75, 3.05) is 40.0 Å². The first-order valence-electron chi connectivity index (χ1n) is 7.24. The second-order valence-corrected chi connectivity index (χ2v) is 5.01. The van der Waals surface area contributed by atoms with Gasteiger partial charge in [-0.05, 0) is 30.2 Å². The van der Waals surface area contributed by atoms with Crippen LogP contribution in [0.1, 0.15) is 29.3 Å². The topological polar surface area (TPSA) is 38.8 Å². The maximum absolute atomic E-state index is 12.3. The molecule has 0 unspecified atom stereocenters. The number of ether oxygens (including phenoxy) is 2. The number of benzene rings is 1. The predicted octanol–water partition coefficient (Wildman–Crippen LogP) is 2.16. The molecule has 20 heavy (non-hydrogen) atoms. The summed E-state index contributed by atoms with van der Waals surface area (Å²) in [7, 11) is 1.66. The molecular weight excluding hydrogens is 254 g/mol. The standard InChI is InChI=1S/C16H23NO3/c1-3-13-12-14(4-5-16(13)19-2)15(18)6-7-17-8-10-20-11-9-17/h4-5,12H,3,6-11H2,1-2H3. The van der Waals surface area contributed by atoms with E-state index in [1.54, 1.807) is 7.11 Å². The van der Waals surface area contributed by atoms with Gasteiger partial charge in [-0.1, -0.05) is 6.92 Å². The first-order chi connectivity index (χ1) is 9.74. The van der Waals surface area contributed by atoms with E-state index in [1.165, 1.54) is 0 Å². The van der Waals surface area contributed by atoms with Crippen LogP contribution in [0.2, 0.25) is 0 Å². The molecule has 110 valence electrons. The van der Waals surface area contributed by atoms with Crippen molar-refractivity contribution >= 4 is 5.78 Å². The van der Waals surface area contributed by atoms with Gasteiger partial charge in [0.25, 0.3) is 0 Å². The lowest BCUT2D eigenvalue weighted by Crippen LogP contribution is -2.37. The lowest BCUT2D eigenvalue weighted by molar-refractivity contribution is 0.0370. The molecule has 0 spiro atoms. The molecule has 0 radical (unpaired) electrons. The van der Waals surface area contributed by atoms with Crippen LogP contribution in [-0.4, -0.2) is 50.6 Å². The number of methoxy groups -OCH3 is 1. The van der Waals surface area contributed by atoms with Gasteiger partial charge >= 0.3 is 0 Å². The van der Waals surface area contributed by atoms with E-state index in [9.17, 15) is 4.79 Å². The summed E-state index contributed by atoms with van der Waals surface area (Å²) < 4.78 is 10.6. The van der Waals surface area contributed by atoms with E-state index in [1.807, 2.05) is 18.2 Å². The van der Waals surface area contributed by atoms with Crippen molar-refractivity contribution in [3.8, 4) is 5.75 Å². The molecule has 0 atom stereocenters. The number of aryl methyl sites for hydroxylation is 1. The molecular formula is C16H23NO3. The van der Waals surface area contributed by atoms with E-state index in [2.05, 4.69) is 11.8 Å². The summed E-state index contributed by atoms with van der Waals surface area (Å²) in [4.78, 5) is 14.5. The van der Waals surface area contributed by atoms with Crippen molar-refractivity contribution in [1.29, 1.82) is 0 Å². The molecule has 1 saturated heterocycles. The Balaban J connectivity index is 1.94. The molecule has 1 fully saturated rings. The summed E-state index contributed by atoms with van der Waals surface area (Å²) in [6, 6.07) is 5.71. The second-order valence-electron chi connectivity index (χ2n) is 5.01. The van der Waals surface area contributed by atoms with Crippen molar-refractivity contribution in [3.05, 3.63) is 29.3 Å². The van der Waals surface area contributed by atoms with Crippen LogP contribution < -0.4 is 4.74 Å². The third-order valence-electron chi connectivity index (χ3n) is 3.74. The third kappa shape index (κ3) is 3.81. The fraction of sp³-hybridized carbons (Fsp3) is 0.562. The molecule has 0 saturated carbocycles. The molecule has 0 N–H and O–H groups in total. The minimum Gasteiger partial charge on any atom is -0.496 e. The highest BCUT2D eigenvalue weighted by Crippen LogP contribution is 2.21. The minimum atomic E-state index is 0.203. The van der Waals surface area contributed by atoms with Crippen LogP contribution in [0.5, 0.6) is 5.75 Å². The molecule has 2 rings (SSSR count). The highest BCUT2D eigenvalue weighted by atomic mass is 16.5. The second kappa shape index (κ2) is 7.41. The Morgan fingerprint density at radius 2 is 2.10 bits per heavy atom. The monoisotopic (exact) mass is 277 g/mol. The Morgan fingerprint density at radius 1 is 1.35 bits per heavy atom. The quantitative estimate of drug-likeness (QED) is 0.747. The van der Waals surface area contributed by atoms with Crippen LogP contribution >= 0.6 is 0 Å². The smallest absolute Gasteiger partial charge is 0.164 e. The summed E-state index contributed by atoms with van der Waals surface area (Å²) in [6.07, 6.45) is 1.43. The SMILES string of the molecule is CCc1cc(C(=O)CCN2CCOCC2)ccc1OC. The number of carbonyl (C=O) groups excluding carboxylic acids is 1. The Labute approximate surface area is 120 Å². The van der Waals surface area contributed by atoms with E-state index in [0.717, 1.165) is 56.1 Å². The summed E-state index contributed by atoms with van der Waals surface area (Å²) in [5.41, 5.74) is 1.88. The van der Waals surface area contributed by atoms with Gasteiger partial charge in [0.1, 0.15) is 5.75 Å². The van der Waals surface area contributed by atoms with Crippen LogP contribution in [0.25, 0.3) is 0 Å². The van der Waals surface area contributed by atoms with Crippen LogP contribution in [-0.2, 0) is 11.2 Å². The van der Waals surface area contributed by atoms with Crippen LogP contribution in [0, 0.1) is 0 Å². The molecule has 1 aliphatic rings. The normalized spacial score (nSPS) is 16.1. The van der Waals surface area contributed by atoms with Crippen molar-refractivity contribution < 1.29 is 14.3 Å². The van der Waals surface area contributed by atoms with Gasteiger partial charge in [-0.2, -0.15) is 0 Å². The summed E-state index contributed by atoms with van der Waals surface area (Å²) in [6.45, 7) is 6.29. The highest BCUT2D eigenvalue weighted by Gasteiger charge is 2.14. The summed E-state index contributed by atoms with van der Waals surface area (Å²) in [5, 5.41) is 0. The third-order valence-corrected chi connectivity index (χ3v) is 3.74. The predicted molar refractivity (Wildman–Crippen MR) is 78.6 cm³/mol. The molecule has 4 heteroatoms. The molecule has 1 aromatic carbocycles. The van der Waals surface area contributed by atoms with Crippen molar-refractivity contribution in [1.82, 2.24) is 4.90 Å². The minimum absolute atomic E-state index is 0.203. The fourth-order valence-electron chi connectivity index (χ4n) is 2.46. The summed E-state index contributed by atoms with van der Waals surface area (Å²) >= 11 is 0. The average Bonchev–Trinajstić information content (AvgIpc) is 2.52. The van der Waals surface area contributed by atoms with Gasteiger partial charge in [-0.25, -0.2) is 0 Å². The molecule has 1 aromatic rings. The Hall–Kier alpha value is -1.39. The van der Waals surface area contributed by atoms with Gasteiger partial charge in [0.15, 0.2) is 5.78 Å². The van der Waals surface area contributed by atoms with Gasteiger partial charge in [0.05, 0.1) is 20.3 Å². The lowest BCUT2D eigenvalue weighted by atomic mass is 10.0. The zero-order valence-electron chi connectivity index (χ0n) is 12.4. The molecule has 0 aromatic heterocycles.